The van der Waals surface area contributed by atoms with Crippen molar-refractivity contribution < 1.29 is 47.6 Å². The Labute approximate surface area is 252 Å². The molecule has 0 aromatic heterocycles. The second kappa shape index (κ2) is 15.4. The largest absolute Gasteiger partial charge is 0.496 e. The summed E-state index contributed by atoms with van der Waals surface area (Å²) in [5, 5.41) is 0. The molecule has 0 spiro atoms. The maximum Gasteiger partial charge on any atom is 0.350 e. The number of Topliss-reactive ketones (excluding diaryl/α,β-unsaturated/α-hetero) is 2. The lowest BCUT2D eigenvalue weighted by molar-refractivity contribution is -0.161. The minimum Gasteiger partial charge on any atom is -0.496 e. The zero-order valence-corrected chi connectivity index (χ0v) is 26.0. The fourth-order valence-corrected chi connectivity index (χ4v) is 5.27. The summed E-state index contributed by atoms with van der Waals surface area (Å²) in [7, 11) is 4.03. The lowest BCUT2D eigenvalue weighted by Crippen LogP contribution is -2.50. The number of esters is 2. The zero-order chi connectivity index (χ0) is 31.6. The molecule has 2 aromatic carbocycles. The number of ketones is 2. The Morgan fingerprint density at radius 2 is 1.51 bits per heavy atom. The van der Waals surface area contributed by atoms with Gasteiger partial charge in [0, 0.05) is 30.4 Å². The van der Waals surface area contributed by atoms with Crippen LogP contribution in [-0.4, -0.2) is 63.6 Å². The Balaban J connectivity index is 1.78. The number of hydrogen-bond donors (Lipinski definition) is 0. The van der Waals surface area contributed by atoms with E-state index in [0.29, 0.717) is 66.4 Å². The molecule has 43 heavy (non-hydrogen) atoms. The van der Waals surface area contributed by atoms with Gasteiger partial charge < -0.3 is 28.4 Å². The van der Waals surface area contributed by atoms with Crippen LogP contribution >= 0.6 is 0 Å². The maximum atomic E-state index is 13.2. The first kappa shape index (κ1) is 33.4. The molecular formula is C33H42O10. The molecule has 1 unspecified atom stereocenters. The van der Waals surface area contributed by atoms with Crippen molar-refractivity contribution in [3.8, 4) is 23.0 Å². The van der Waals surface area contributed by atoms with E-state index < -0.39 is 17.5 Å². The lowest BCUT2D eigenvalue weighted by Gasteiger charge is -2.36. The molecule has 0 saturated heterocycles. The van der Waals surface area contributed by atoms with Crippen LogP contribution in [0.3, 0.4) is 0 Å². The highest BCUT2D eigenvalue weighted by molar-refractivity contribution is 6.04. The van der Waals surface area contributed by atoms with Crippen LogP contribution in [0.4, 0.5) is 0 Å². The molecule has 2 aromatic rings. The molecule has 0 bridgehead atoms. The van der Waals surface area contributed by atoms with Crippen molar-refractivity contribution in [3.05, 3.63) is 46.5 Å². The summed E-state index contributed by atoms with van der Waals surface area (Å²) < 4.78 is 33.8. The number of fused-ring (bicyclic) bond motifs is 1. The third kappa shape index (κ3) is 7.66. The zero-order valence-electron chi connectivity index (χ0n) is 26.0. The van der Waals surface area contributed by atoms with Gasteiger partial charge in [-0.2, -0.15) is 0 Å². The number of methoxy groups -OCH3 is 3. The Hall–Kier alpha value is -4.08. The van der Waals surface area contributed by atoms with Gasteiger partial charge >= 0.3 is 11.9 Å². The van der Waals surface area contributed by atoms with Gasteiger partial charge in [-0.25, -0.2) is 4.79 Å². The van der Waals surface area contributed by atoms with Gasteiger partial charge in [0.25, 0.3) is 0 Å². The van der Waals surface area contributed by atoms with Gasteiger partial charge in [-0.15, -0.1) is 0 Å². The van der Waals surface area contributed by atoms with Crippen molar-refractivity contribution in [2.75, 3.05) is 34.5 Å². The molecule has 3 rings (SSSR count). The second-order valence-electron chi connectivity index (χ2n) is 10.4. The van der Waals surface area contributed by atoms with Gasteiger partial charge in [0.2, 0.25) is 5.60 Å². The molecule has 0 fully saturated rings. The first-order valence-corrected chi connectivity index (χ1v) is 14.7. The third-order valence-corrected chi connectivity index (χ3v) is 7.38. The first-order chi connectivity index (χ1) is 20.7. The average Bonchev–Trinajstić information content (AvgIpc) is 3.00. The summed E-state index contributed by atoms with van der Waals surface area (Å²) in [6.07, 6.45) is 2.97. The normalized spacial score (nSPS) is 15.6. The molecule has 1 aliphatic rings. The molecule has 10 nitrogen and oxygen atoms in total. The molecule has 1 atom stereocenters. The van der Waals surface area contributed by atoms with Crippen LogP contribution in [0.5, 0.6) is 23.0 Å². The summed E-state index contributed by atoms with van der Waals surface area (Å²) in [5.74, 6) is 0.450. The van der Waals surface area contributed by atoms with Crippen LogP contribution in [-0.2, 0) is 31.9 Å². The summed E-state index contributed by atoms with van der Waals surface area (Å²) in [5.41, 5.74) is 0.788. The van der Waals surface area contributed by atoms with Crippen LogP contribution in [0.25, 0.3) is 0 Å². The number of ether oxygens (including phenoxy) is 6. The number of benzene rings is 2. The summed E-state index contributed by atoms with van der Waals surface area (Å²) in [6, 6.07) is 6.91. The van der Waals surface area contributed by atoms with E-state index in [-0.39, 0.29) is 36.6 Å². The predicted octanol–water partition coefficient (Wildman–Crippen LogP) is 5.48. The quantitative estimate of drug-likeness (QED) is 0.139. The molecular weight excluding hydrogens is 556 g/mol. The van der Waals surface area contributed by atoms with Crippen LogP contribution in [0, 0.1) is 0 Å². The molecule has 0 saturated carbocycles. The van der Waals surface area contributed by atoms with E-state index >= 15 is 0 Å². The van der Waals surface area contributed by atoms with Crippen LogP contribution in [0.15, 0.2) is 24.3 Å². The van der Waals surface area contributed by atoms with E-state index in [0.717, 1.165) is 18.4 Å². The SMILES string of the molecule is CCCc1c(OCCCOc2ccc3c(c2CCC)OC(CCC(=O)OC)(C(=O)OC)CC3=O)ccc(C(C)=O)c1OC. The topological polar surface area (TPSA) is 124 Å². The predicted molar refractivity (Wildman–Crippen MR) is 159 cm³/mol. The van der Waals surface area contributed by atoms with Crippen molar-refractivity contribution in [3.63, 3.8) is 0 Å². The van der Waals surface area contributed by atoms with E-state index in [1.807, 2.05) is 6.92 Å². The van der Waals surface area contributed by atoms with Crippen molar-refractivity contribution in [1.29, 1.82) is 0 Å². The van der Waals surface area contributed by atoms with Crippen LogP contribution in [0.2, 0.25) is 0 Å². The molecule has 0 aliphatic carbocycles. The first-order valence-electron chi connectivity index (χ1n) is 14.7. The standard InChI is InChI=1S/C33H42O10/c1-7-10-24-27(14-12-22(21(3)34)30(24)39-5)41-18-9-19-42-28-15-13-23-26(35)20-33(32(37)40-6,17-16-29(36)38-4)43-31(23)25(28)11-8-2/h12-15H,7-11,16-20H2,1-6H3. The Morgan fingerprint density at radius 3 is 2.09 bits per heavy atom. The average molecular weight is 599 g/mol. The van der Waals surface area contributed by atoms with E-state index in [4.69, 9.17) is 28.4 Å². The molecule has 0 amide bonds. The lowest BCUT2D eigenvalue weighted by atomic mass is 9.85. The third-order valence-electron chi connectivity index (χ3n) is 7.38. The monoisotopic (exact) mass is 598 g/mol. The van der Waals surface area contributed by atoms with Gasteiger partial charge in [0.15, 0.2) is 11.6 Å². The van der Waals surface area contributed by atoms with Crippen LogP contribution < -0.4 is 18.9 Å². The Morgan fingerprint density at radius 1 is 0.884 bits per heavy atom. The van der Waals surface area contributed by atoms with Gasteiger partial charge in [0.05, 0.1) is 52.1 Å². The van der Waals surface area contributed by atoms with Crippen molar-refractivity contribution in [2.45, 2.75) is 77.7 Å². The number of carbonyl (C=O) groups is 4. The molecule has 0 N–H and O–H groups in total. The summed E-state index contributed by atoms with van der Waals surface area (Å²) in [6.45, 7) is 6.24. The molecule has 1 aliphatic heterocycles. The highest BCUT2D eigenvalue weighted by Crippen LogP contribution is 2.43. The minimum absolute atomic E-state index is 0.0658. The van der Waals surface area contributed by atoms with E-state index in [2.05, 4.69) is 6.92 Å². The van der Waals surface area contributed by atoms with Gasteiger partial charge in [-0.3, -0.25) is 14.4 Å². The van der Waals surface area contributed by atoms with Crippen molar-refractivity contribution in [2.24, 2.45) is 0 Å². The van der Waals surface area contributed by atoms with E-state index in [1.54, 1.807) is 31.4 Å². The number of rotatable bonds is 16. The van der Waals surface area contributed by atoms with Crippen molar-refractivity contribution >= 4 is 23.5 Å². The molecule has 0 radical (unpaired) electrons. The Bertz CT molecular complexity index is 1330. The fraction of sp³-hybridized carbons (Fsp3) is 0.515. The smallest absolute Gasteiger partial charge is 0.350 e. The number of carbonyl (C=O) groups excluding carboxylic acids is 4. The van der Waals surface area contributed by atoms with E-state index in [1.165, 1.54) is 21.1 Å². The molecule has 10 heteroatoms. The summed E-state index contributed by atoms with van der Waals surface area (Å²) >= 11 is 0. The summed E-state index contributed by atoms with van der Waals surface area (Å²) in [4.78, 5) is 50.1. The van der Waals surface area contributed by atoms with Gasteiger partial charge in [0.1, 0.15) is 23.0 Å². The van der Waals surface area contributed by atoms with Crippen molar-refractivity contribution in [1.82, 2.24) is 0 Å². The van der Waals surface area contributed by atoms with Crippen LogP contribution in [0.1, 0.15) is 91.1 Å². The van der Waals surface area contributed by atoms with Gasteiger partial charge in [-0.1, -0.05) is 26.7 Å². The minimum atomic E-state index is -1.64. The fourth-order valence-electron chi connectivity index (χ4n) is 5.27. The van der Waals surface area contributed by atoms with E-state index in [9.17, 15) is 19.2 Å². The number of hydrogen-bond acceptors (Lipinski definition) is 10. The molecule has 1 heterocycles. The highest BCUT2D eigenvalue weighted by Gasteiger charge is 2.49. The maximum absolute atomic E-state index is 13.2. The highest BCUT2D eigenvalue weighted by atomic mass is 16.6. The molecule has 234 valence electrons. The second-order valence-corrected chi connectivity index (χ2v) is 10.4. The van der Waals surface area contributed by atoms with Gasteiger partial charge in [-0.05, 0) is 44.0 Å². The Kier molecular flexibility index (Phi) is 12.0.